The molecule has 0 heterocycles. The van der Waals surface area contributed by atoms with Crippen molar-refractivity contribution in [2.45, 2.75) is 12.8 Å². The number of non-ortho nitro benzene ring substituents is 1. The zero-order valence-electron chi connectivity index (χ0n) is 7.37. The van der Waals surface area contributed by atoms with Crippen molar-refractivity contribution < 1.29 is 4.92 Å². The molecule has 14 heavy (non-hydrogen) atoms. The molecule has 0 aliphatic rings. The van der Waals surface area contributed by atoms with Crippen LogP contribution in [0, 0.1) is 13.7 Å². The predicted octanol–water partition coefficient (Wildman–Crippen LogP) is 3.37. The van der Waals surface area contributed by atoms with Crippen LogP contribution >= 0.6 is 34.2 Å². The Balaban J connectivity index is 2.90. The van der Waals surface area contributed by atoms with Gasteiger partial charge in [-0.15, -0.1) is 11.6 Å². The lowest BCUT2D eigenvalue weighted by Crippen LogP contribution is -1.94. The second kappa shape index (κ2) is 5.50. The van der Waals surface area contributed by atoms with Crippen LogP contribution in [-0.4, -0.2) is 10.8 Å². The molecule has 0 bridgehead atoms. The van der Waals surface area contributed by atoms with Crippen molar-refractivity contribution in [3.8, 4) is 0 Å². The Bertz CT molecular complexity index is 344. The summed E-state index contributed by atoms with van der Waals surface area (Å²) in [6.45, 7) is 0. The SMILES string of the molecule is O=[N+]([O-])c1ccc(I)c(CCCCl)c1. The number of benzene rings is 1. The van der Waals surface area contributed by atoms with Gasteiger partial charge in [-0.05, 0) is 47.1 Å². The van der Waals surface area contributed by atoms with Gasteiger partial charge in [0.25, 0.3) is 5.69 Å². The summed E-state index contributed by atoms with van der Waals surface area (Å²) in [5.41, 5.74) is 1.15. The third kappa shape index (κ3) is 3.09. The minimum absolute atomic E-state index is 0.148. The first-order valence-electron chi connectivity index (χ1n) is 4.14. The van der Waals surface area contributed by atoms with Crippen molar-refractivity contribution in [3.63, 3.8) is 0 Å². The molecule has 1 aromatic carbocycles. The minimum atomic E-state index is -0.375. The van der Waals surface area contributed by atoms with E-state index in [2.05, 4.69) is 22.6 Å². The molecule has 0 unspecified atom stereocenters. The Morgan fingerprint density at radius 3 is 2.79 bits per heavy atom. The Labute approximate surface area is 101 Å². The predicted molar refractivity (Wildman–Crippen MR) is 64.9 cm³/mol. The van der Waals surface area contributed by atoms with E-state index in [0.717, 1.165) is 22.0 Å². The molecule has 0 spiro atoms. The van der Waals surface area contributed by atoms with Gasteiger partial charge in [0, 0.05) is 21.6 Å². The van der Waals surface area contributed by atoms with Crippen molar-refractivity contribution in [1.82, 2.24) is 0 Å². The van der Waals surface area contributed by atoms with Gasteiger partial charge in [-0.25, -0.2) is 0 Å². The van der Waals surface area contributed by atoms with Crippen LogP contribution in [0.25, 0.3) is 0 Å². The molecule has 0 amide bonds. The van der Waals surface area contributed by atoms with E-state index in [-0.39, 0.29) is 10.6 Å². The van der Waals surface area contributed by atoms with E-state index in [1.165, 1.54) is 6.07 Å². The van der Waals surface area contributed by atoms with Crippen LogP contribution in [0.2, 0.25) is 0 Å². The highest BCUT2D eigenvalue weighted by Gasteiger charge is 2.08. The van der Waals surface area contributed by atoms with Crippen LogP contribution in [0.4, 0.5) is 5.69 Å². The fourth-order valence-corrected chi connectivity index (χ4v) is 1.86. The number of hydrogen-bond acceptors (Lipinski definition) is 2. The van der Waals surface area contributed by atoms with E-state index in [1.54, 1.807) is 12.1 Å². The van der Waals surface area contributed by atoms with Crippen molar-refractivity contribution >= 4 is 39.9 Å². The first-order chi connectivity index (χ1) is 6.65. The number of aryl methyl sites for hydroxylation is 1. The molecule has 0 aromatic heterocycles. The summed E-state index contributed by atoms with van der Waals surface area (Å²) in [6, 6.07) is 4.91. The molecule has 0 N–H and O–H groups in total. The number of nitro benzene ring substituents is 1. The van der Waals surface area contributed by atoms with Gasteiger partial charge in [-0.1, -0.05) is 0 Å². The minimum Gasteiger partial charge on any atom is -0.258 e. The second-order valence-corrected chi connectivity index (χ2v) is 4.37. The standard InChI is InChI=1S/C9H9ClINO2/c10-5-1-2-7-6-8(12(13)14)3-4-9(7)11/h3-4,6H,1-2,5H2. The van der Waals surface area contributed by atoms with Crippen LogP contribution in [0.1, 0.15) is 12.0 Å². The van der Waals surface area contributed by atoms with E-state index in [4.69, 9.17) is 11.6 Å². The summed E-state index contributed by atoms with van der Waals surface area (Å²) in [5, 5.41) is 10.5. The zero-order chi connectivity index (χ0) is 10.6. The molecular weight excluding hydrogens is 316 g/mol. The molecule has 0 atom stereocenters. The van der Waals surface area contributed by atoms with E-state index in [9.17, 15) is 10.1 Å². The molecule has 1 aromatic rings. The lowest BCUT2D eigenvalue weighted by atomic mass is 10.1. The highest BCUT2D eigenvalue weighted by atomic mass is 127. The highest BCUT2D eigenvalue weighted by Crippen LogP contribution is 2.20. The number of halogens is 2. The van der Waals surface area contributed by atoms with Gasteiger partial charge in [-0.3, -0.25) is 10.1 Å². The Morgan fingerprint density at radius 1 is 1.50 bits per heavy atom. The summed E-state index contributed by atoms with van der Waals surface area (Å²) < 4.78 is 1.05. The molecule has 0 aliphatic carbocycles. The summed E-state index contributed by atoms with van der Waals surface area (Å²) in [7, 11) is 0. The summed E-state index contributed by atoms with van der Waals surface area (Å²) in [4.78, 5) is 10.1. The molecule has 0 saturated carbocycles. The summed E-state index contributed by atoms with van der Waals surface area (Å²) in [5.74, 6) is 0.582. The fourth-order valence-electron chi connectivity index (χ4n) is 1.12. The van der Waals surface area contributed by atoms with E-state index in [0.29, 0.717) is 5.88 Å². The summed E-state index contributed by atoms with van der Waals surface area (Å²) in [6.07, 6.45) is 1.64. The zero-order valence-corrected chi connectivity index (χ0v) is 10.3. The van der Waals surface area contributed by atoms with Crippen molar-refractivity contribution in [2.24, 2.45) is 0 Å². The normalized spacial score (nSPS) is 10.1. The van der Waals surface area contributed by atoms with Gasteiger partial charge < -0.3 is 0 Å². The Morgan fingerprint density at radius 2 is 2.21 bits per heavy atom. The van der Waals surface area contributed by atoms with E-state index >= 15 is 0 Å². The largest absolute Gasteiger partial charge is 0.269 e. The number of hydrogen-bond donors (Lipinski definition) is 0. The van der Waals surface area contributed by atoms with Gasteiger partial charge in [-0.2, -0.15) is 0 Å². The highest BCUT2D eigenvalue weighted by molar-refractivity contribution is 14.1. The molecule has 0 radical (unpaired) electrons. The molecule has 1 rings (SSSR count). The van der Waals surface area contributed by atoms with Gasteiger partial charge in [0.2, 0.25) is 0 Å². The number of alkyl halides is 1. The van der Waals surface area contributed by atoms with Gasteiger partial charge in [0.15, 0.2) is 0 Å². The number of nitrogens with zero attached hydrogens (tertiary/aromatic N) is 1. The number of nitro groups is 1. The molecule has 0 fully saturated rings. The van der Waals surface area contributed by atoms with Crippen LogP contribution in [-0.2, 0) is 6.42 Å². The monoisotopic (exact) mass is 325 g/mol. The summed E-state index contributed by atoms with van der Waals surface area (Å²) >= 11 is 7.74. The number of rotatable bonds is 4. The lowest BCUT2D eigenvalue weighted by Gasteiger charge is -2.02. The lowest BCUT2D eigenvalue weighted by molar-refractivity contribution is -0.384. The third-order valence-corrected chi connectivity index (χ3v) is 3.14. The second-order valence-electron chi connectivity index (χ2n) is 2.83. The molecular formula is C9H9ClINO2. The smallest absolute Gasteiger partial charge is 0.258 e. The third-order valence-electron chi connectivity index (χ3n) is 1.82. The maximum atomic E-state index is 10.5. The van der Waals surface area contributed by atoms with Crippen LogP contribution < -0.4 is 0 Å². The molecule has 0 aliphatic heterocycles. The van der Waals surface area contributed by atoms with Gasteiger partial charge in [0.1, 0.15) is 0 Å². The topological polar surface area (TPSA) is 43.1 Å². The quantitative estimate of drug-likeness (QED) is 0.369. The molecule has 5 heteroatoms. The van der Waals surface area contributed by atoms with Gasteiger partial charge in [0.05, 0.1) is 4.92 Å². The fraction of sp³-hybridized carbons (Fsp3) is 0.333. The van der Waals surface area contributed by atoms with Crippen LogP contribution in [0.15, 0.2) is 18.2 Å². The van der Waals surface area contributed by atoms with E-state index < -0.39 is 0 Å². The first-order valence-corrected chi connectivity index (χ1v) is 5.75. The maximum Gasteiger partial charge on any atom is 0.269 e. The van der Waals surface area contributed by atoms with Crippen LogP contribution in [0.3, 0.4) is 0 Å². The van der Waals surface area contributed by atoms with E-state index in [1.807, 2.05) is 0 Å². The molecule has 0 saturated heterocycles. The Kier molecular flexibility index (Phi) is 4.60. The van der Waals surface area contributed by atoms with Crippen LogP contribution in [0.5, 0.6) is 0 Å². The Hall–Kier alpha value is -0.360. The average Bonchev–Trinajstić information content (AvgIpc) is 2.16. The average molecular weight is 326 g/mol. The van der Waals surface area contributed by atoms with Crippen molar-refractivity contribution in [3.05, 3.63) is 37.4 Å². The molecule has 76 valence electrons. The van der Waals surface area contributed by atoms with Crippen molar-refractivity contribution in [2.75, 3.05) is 5.88 Å². The first kappa shape index (κ1) is 11.7. The maximum absolute atomic E-state index is 10.5. The molecule has 3 nitrogen and oxygen atoms in total. The van der Waals surface area contributed by atoms with Crippen molar-refractivity contribution in [1.29, 1.82) is 0 Å². The van der Waals surface area contributed by atoms with Gasteiger partial charge >= 0.3 is 0 Å².